The van der Waals surface area contributed by atoms with Crippen LogP contribution in [-0.4, -0.2) is 21.0 Å². The zero-order valence-electron chi connectivity index (χ0n) is 18.4. The van der Waals surface area contributed by atoms with Gasteiger partial charge in [-0.25, -0.2) is 9.97 Å². The summed E-state index contributed by atoms with van der Waals surface area (Å²) in [4.78, 5) is 21.3. The predicted molar refractivity (Wildman–Crippen MR) is 127 cm³/mol. The van der Waals surface area contributed by atoms with Gasteiger partial charge in [0.1, 0.15) is 23.2 Å². The van der Waals surface area contributed by atoms with Crippen LogP contribution in [0.4, 0.5) is 28.7 Å². The molecule has 0 unspecified atom stereocenters. The fourth-order valence-corrected chi connectivity index (χ4v) is 3.42. The number of aryl methyl sites for hydroxylation is 2. The number of carbonyl (C=O) groups is 1. The molecule has 0 bridgehead atoms. The number of hydrogen-bond acceptors (Lipinski definition) is 7. The summed E-state index contributed by atoms with van der Waals surface area (Å²) in [6.07, 6.45) is 2.19. The van der Waals surface area contributed by atoms with E-state index < -0.39 is 0 Å². The molecular weight excluding hydrogens is 416 g/mol. The highest BCUT2D eigenvalue weighted by atomic mass is 16.5. The first-order valence-corrected chi connectivity index (χ1v) is 10.9. The topological polar surface area (TPSA) is 105 Å². The Labute approximate surface area is 191 Å². The van der Waals surface area contributed by atoms with Crippen molar-refractivity contribution in [2.75, 3.05) is 16.0 Å². The molecule has 0 aliphatic heterocycles. The van der Waals surface area contributed by atoms with Crippen molar-refractivity contribution in [2.24, 2.45) is 0 Å². The maximum Gasteiger partial charge on any atom is 0.277 e. The second kappa shape index (κ2) is 8.74. The summed E-state index contributed by atoms with van der Waals surface area (Å²) in [5, 5.41) is 13.3. The largest absolute Gasteiger partial charge is 0.360 e. The number of nitrogens with zero attached hydrogens (tertiary/aromatic N) is 3. The van der Waals surface area contributed by atoms with Crippen LogP contribution in [0.3, 0.4) is 0 Å². The number of anilines is 5. The third-order valence-corrected chi connectivity index (χ3v) is 5.32. The summed E-state index contributed by atoms with van der Waals surface area (Å²) in [7, 11) is 0. The number of carbonyl (C=O) groups excluding carboxylic acids is 1. The number of benzene rings is 2. The average molecular weight is 441 g/mol. The maximum atomic E-state index is 12.4. The molecule has 0 spiro atoms. The lowest BCUT2D eigenvalue weighted by atomic mass is 10.2. The van der Waals surface area contributed by atoms with E-state index in [0.29, 0.717) is 34.8 Å². The van der Waals surface area contributed by atoms with E-state index in [1.165, 1.54) is 5.56 Å². The van der Waals surface area contributed by atoms with Crippen LogP contribution in [0.1, 0.15) is 46.4 Å². The molecule has 1 saturated carbocycles. The highest BCUT2D eigenvalue weighted by Gasteiger charge is 2.28. The van der Waals surface area contributed by atoms with Crippen molar-refractivity contribution in [3.63, 3.8) is 0 Å². The van der Waals surface area contributed by atoms with Crippen molar-refractivity contribution >= 4 is 34.6 Å². The minimum absolute atomic E-state index is 0.287. The Kier molecular flexibility index (Phi) is 5.48. The second-order valence-electron chi connectivity index (χ2n) is 8.22. The van der Waals surface area contributed by atoms with Crippen molar-refractivity contribution in [3.05, 3.63) is 83.5 Å². The van der Waals surface area contributed by atoms with Crippen LogP contribution in [0.25, 0.3) is 0 Å². The van der Waals surface area contributed by atoms with Crippen LogP contribution in [0.5, 0.6) is 0 Å². The molecule has 1 fully saturated rings. The van der Waals surface area contributed by atoms with Crippen molar-refractivity contribution in [3.8, 4) is 0 Å². The molecule has 2 aromatic heterocycles. The Morgan fingerprint density at radius 1 is 0.848 bits per heavy atom. The van der Waals surface area contributed by atoms with Crippen molar-refractivity contribution in [1.29, 1.82) is 0 Å². The average Bonchev–Trinajstić information content (AvgIpc) is 3.52. The van der Waals surface area contributed by atoms with Crippen molar-refractivity contribution < 1.29 is 9.32 Å². The van der Waals surface area contributed by atoms with Gasteiger partial charge in [0.2, 0.25) is 0 Å². The lowest BCUT2D eigenvalue weighted by molar-refractivity contribution is 0.101. The molecule has 1 amide bonds. The van der Waals surface area contributed by atoms with Gasteiger partial charge in [-0.2, -0.15) is 0 Å². The second-order valence-corrected chi connectivity index (χ2v) is 8.22. The number of nitrogens with one attached hydrogen (secondary N) is 3. The van der Waals surface area contributed by atoms with E-state index in [2.05, 4.69) is 38.0 Å². The maximum absolute atomic E-state index is 12.4. The van der Waals surface area contributed by atoms with Gasteiger partial charge in [-0.15, -0.1) is 0 Å². The zero-order chi connectivity index (χ0) is 22.8. The molecule has 0 atom stereocenters. The van der Waals surface area contributed by atoms with Gasteiger partial charge in [0.15, 0.2) is 5.69 Å². The van der Waals surface area contributed by atoms with E-state index in [9.17, 15) is 4.79 Å². The van der Waals surface area contributed by atoms with Gasteiger partial charge in [-0.3, -0.25) is 4.79 Å². The third-order valence-electron chi connectivity index (χ3n) is 5.32. The van der Waals surface area contributed by atoms with E-state index in [-0.39, 0.29) is 5.91 Å². The monoisotopic (exact) mass is 440 g/mol. The predicted octanol–water partition coefficient (Wildman–Crippen LogP) is 5.70. The summed E-state index contributed by atoms with van der Waals surface area (Å²) in [5.74, 6) is 2.94. The van der Waals surface area contributed by atoms with Gasteiger partial charge in [-0.1, -0.05) is 22.9 Å². The minimum Gasteiger partial charge on any atom is -0.360 e. The molecule has 2 aromatic carbocycles. The Morgan fingerprint density at radius 3 is 2.03 bits per heavy atom. The Balaban J connectivity index is 1.23. The smallest absolute Gasteiger partial charge is 0.277 e. The third kappa shape index (κ3) is 5.17. The summed E-state index contributed by atoms with van der Waals surface area (Å²) in [5.41, 5.74) is 3.96. The fraction of sp³-hybridized carbons (Fsp3) is 0.200. The van der Waals surface area contributed by atoms with Crippen LogP contribution in [0.2, 0.25) is 0 Å². The van der Waals surface area contributed by atoms with Crippen molar-refractivity contribution in [2.45, 2.75) is 32.6 Å². The van der Waals surface area contributed by atoms with Gasteiger partial charge < -0.3 is 20.5 Å². The molecule has 8 heteroatoms. The minimum atomic E-state index is -0.287. The summed E-state index contributed by atoms with van der Waals surface area (Å²) >= 11 is 0. The molecule has 1 aliphatic rings. The molecule has 2 heterocycles. The molecule has 5 rings (SSSR count). The molecule has 0 radical (unpaired) electrons. The van der Waals surface area contributed by atoms with E-state index in [1.54, 1.807) is 6.07 Å². The molecule has 0 saturated heterocycles. The van der Waals surface area contributed by atoms with Crippen LogP contribution in [0, 0.1) is 13.8 Å². The standard InChI is InChI=1S/C25H24N6O2/c1-15-3-7-18(8-4-15)28-23-14-24(27-16(2)26-23)29-19-9-11-20(12-10-19)30-25(32)21-13-22(33-31-21)17-5-6-17/h3-4,7-14,17H,5-6H2,1-2H3,(H,30,32)(H2,26,27,28,29). The Hall–Kier alpha value is -4.20. The van der Waals surface area contributed by atoms with E-state index in [0.717, 1.165) is 30.0 Å². The highest BCUT2D eigenvalue weighted by Crippen LogP contribution is 2.40. The van der Waals surface area contributed by atoms with Gasteiger partial charge in [0, 0.05) is 35.1 Å². The summed E-state index contributed by atoms with van der Waals surface area (Å²) < 4.78 is 5.26. The Bertz CT molecular complexity index is 1280. The molecular formula is C25H24N6O2. The SMILES string of the molecule is Cc1ccc(Nc2cc(Nc3ccc(NC(=O)c4cc(C5CC5)on4)cc3)nc(C)n2)cc1. The van der Waals surface area contributed by atoms with E-state index >= 15 is 0 Å². The lowest BCUT2D eigenvalue weighted by Gasteiger charge is -2.11. The number of amides is 1. The van der Waals surface area contributed by atoms with Gasteiger partial charge in [0.25, 0.3) is 5.91 Å². The lowest BCUT2D eigenvalue weighted by Crippen LogP contribution is -2.12. The van der Waals surface area contributed by atoms with Crippen LogP contribution in [0.15, 0.2) is 65.2 Å². The first kappa shape index (κ1) is 20.7. The first-order chi connectivity index (χ1) is 16.0. The summed E-state index contributed by atoms with van der Waals surface area (Å²) in [6, 6.07) is 19.1. The number of hydrogen-bond donors (Lipinski definition) is 3. The zero-order valence-corrected chi connectivity index (χ0v) is 18.4. The van der Waals surface area contributed by atoms with Crippen LogP contribution >= 0.6 is 0 Å². The highest BCUT2D eigenvalue weighted by molar-refractivity contribution is 6.02. The van der Waals surface area contributed by atoms with Gasteiger partial charge >= 0.3 is 0 Å². The van der Waals surface area contributed by atoms with Crippen LogP contribution < -0.4 is 16.0 Å². The van der Waals surface area contributed by atoms with Crippen molar-refractivity contribution in [1.82, 2.24) is 15.1 Å². The Morgan fingerprint density at radius 2 is 1.42 bits per heavy atom. The molecule has 166 valence electrons. The number of aromatic nitrogens is 3. The molecule has 8 nitrogen and oxygen atoms in total. The quantitative estimate of drug-likeness (QED) is 0.339. The molecule has 1 aliphatic carbocycles. The first-order valence-electron chi connectivity index (χ1n) is 10.9. The molecule has 3 N–H and O–H groups in total. The summed E-state index contributed by atoms with van der Waals surface area (Å²) in [6.45, 7) is 3.90. The normalized spacial score (nSPS) is 12.9. The fourth-order valence-electron chi connectivity index (χ4n) is 3.42. The van der Waals surface area contributed by atoms with Gasteiger partial charge in [0.05, 0.1) is 0 Å². The van der Waals surface area contributed by atoms with E-state index in [1.807, 2.05) is 61.5 Å². The molecule has 4 aromatic rings. The number of rotatable bonds is 7. The van der Waals surface area contributed by atoms with Gasteiger partial charge in [-0.05, 0) is 63.1 Å². The van der Waals surface area contributed by atoms with Crippen LogP contribution in [-0.2, 0) is 0 Å². The van der Waals surface area contributed by atoms with E-state index in [4.69, 9.17) is 4.52 Å². The molecule has 33 heavy (non-hydrogen) atoms.